The summed E-state index contributed by atoms with van der Waals surface area (Å²) in [5, 5.41) is 1.85. The van der Waals surface area contributed by atoms with Gasteiger partial charge in [-0.1, -0.05) is 0 Å². The van der Waals surface area contributed by atoms with Crippen molar-refractivity contribution in [2.24, 2.45) is 9.98 Å². The molecule has 0 aromatic rings. The Morgan fingerprint density at radius 3 is 1.64 bits per heavy atom. The van der Waals surface area contributed by atoms with Crippen LogP contribution in [0.5, 0.6) is 0 Å². The lowest BCUT2D eigenvalue weighted by atomic mass is 10.2. The smallest absolute Gasteiger partial charge is 0.211 e. The number of hydrogen-bond acceptors (Lipinski definition) is 8. The van der Waals surface area contributed by atoms with Crippen molar-refractivity contribution in [2.75, 3.05) is 24.6 Å². The first-order valence-electron chi connectivity index (χ1n) is 7.32. The van der Waals surface area contributed by atoms with Gasteiger partial charge in [-0.2, -0.15) is 48.8 Å². The molecule has 0 radical (unpaired) electrons. The summed E-state index contributed by atoms with van der Waals surface area (Å²) >= 11 is 13.2. The van der Waals surface area contributed by atoms with Gasteiger partial charge in [0.15, 0.2) is 0 Å². The highest BCUT2D eigenvalue weighted by molar-refractivity contribution is 8.07. The van der Waals surface area contributed by atoms with Crippen molar-refractivity contribution < 1.29 is 9.59 Å². The lowest BCUT2D eigenvalue weighted by Gasteiger charge is -2.30. The van der Waals surface area contributed by atoms with Gasteiger partial charge in [-0.15, -0.1) is 0 Å². The molecule has 0 aliphatic carbocycles. The molecule has 1 fully saturated rings. The zero-order chi connectivity index (χ0) is 16.2. The van der Waals surface area contributed by atoms with Crippen LogP contribution < -0.4 is 0 Å². The van der Waals surface area contributed by atoms with Gasteiger partial charge in [0.05, 0.1) is 13.1 Å². The first-order valence-corrected chi connectivity index (χ1v) is 10.4. The van der Waals surface area contributed by atoms with Gasteiger partial charge in [-0.05, 0) is 25.7 Å². The van der Waals surface area contributed by atoms with E-state index in [4.69, 9.17) is 0 Å². The summed E-state index contributed by atoms with van der Waals surface area (Å²) in [5.74, 6) is 2.27. The molecular weight excluding hydrogens is 356 g/mol. The molecular formula is C14H22N2O2S4. The highest BCUT2D eigenvalue weighted by atomic mass is 32.2. The Kier molecular flexibility index (Phi) is 11.5. The fourth-order valence-corrected chi connectivity index (χ4v) is 6.47. The quantitative estimate of drug-likeness (QED) is 0.348. The Morgan fingerprint density at radius 2 is 1.32 bits per heavy atom. The number of carbonyl (C=O) groups excluding carboxylic acids is 2. The first-order chi connectivity index (χ1) is 10.7. The Morgan fingerprint density at radius 1 is 0.909 bits per heavy atom. The maximum Gasteiger partial charge on any atom is 0.234 e. The van der Waals surface area contributed by atoms with Crippen molar-refractivity contribution in [3.8, 4) is 0 Å². The maximum absolute atomic E-state index is 10.0. The third-order valence-corrected chi connectivity index (χ3v) is 7.59. The number of thioether (sulfide) groups is 2. The summed E-state index contributed by atoms with van der Waals surface area (Å²) < 4.78 is 0. The van der Waals surface area contributed by atoms with E-state index in [1.165, 1.54) is 0 Å². The average Bonchev–Trinajstić information content (AvgIpc) is 2.50. The third-order valence-electron chi connectivity index (χ3n) is 3.38. The lowest BCUT2D eigenvalue weighted by Crippen LogP contribution is -2.26. The predicted octanol–water partition coefficient (Wildman–Crippen LogP) is 3.03. The van der Waals surface area contributed by atoms with Crippen molar-refractivity contribution >= 4 is 60.9 Å². The Labute approximate surface area is 151 Å². The molecule has 1 aliphatic heterocycles. The molecule has 4 atom stereocenters. The van der Waals surface area contributed by atoms with Crippen LogP contribution in [0.2, 0.25) is 0 Å². The van der Waals surface area contributed by atoms with E-state index in [0.717, 1.165) is 37.2 Å². The number of thiol groups is 2. The SMILES string of the molecule is O=C=NCCC(S)CC1CSC(CC(S)CCN=C=O)CS1. The number of nitrogens with zero attached hydrogens (tertiary/aromatic N) is 2. The van der Waals surface area contributed by atoms with Crippen LogP contribution in [0.15, 0.2) is 9.98 Å². The second-order valence-corrected chi connectivity index (χ2v) is 9.34. The maximum atomic E-state index is 10.0. The monoisotopic (exact) mass is 378 g/mol. The van der Waals surface area contributed by atoms with Gasteiger partial charge in [0.1, 0.15) is 0 Å². The second kappa shape index (κ2) is 12.6. The minimum atomic E-state index is 0.297. The van der Waals surface area contributed by atoms with Gasteiger partial charge in [-0.3, -0.25) is 0 Å². The summed E-state index contributed by atoms with van der Waals surface area (Å²) in [6.07, 6.45) is 6.91. The Hall–Kier alpha value is 0.160. The molecule has 22 heavy (non-hydrogen) atoms. The van der Waals surface area contributed by atoms with E-state index in [2.05, 4.69) is 35.2 Å². The van der Waals surface area contributed by atoms with Crippen LogP contribution in [0.3, 0.4) is 0 Å². The van der Waals surface area contributed by atoms with Crippen LogP contribution in [0.1, 0.15) is 25.7 Å². The molecule has 4 unspecified atom stereocenters. The number of hydrogen-bond donors (Lipinski definition) is 2. The van der Waals surface area contributed by atoms with Crippen LogP contribution in [0.4, 0.5) is 0 Å². The highest BCUT2D eigenvalue weighted by Gasteiger charge is 2.25. The topological polar surface area (TPSA) is 58.9 Å². The van der Waals surface area contributed by atoms with E-state index in [-0.39, 0.29) is 0 Å². The molecule has 8 heteroatoms. The third kappa shape index (κ3) is 9.33. The molecule has 0 saturated carbocycles. The molecule has 0 aromatic carbocycles. The summed E-state index contributed by atoms with van der Waals surface area (Å²) in [4.78, 5) is 27.2. The van der Waals surface area contributed by atoms with E-state index < -0.39 is 0 Å². The first kappa shape index (κ1) is 20.2. The van der Waals surface area contributed by atoms with Crippen LogP contribution in [0, 0.1) is 0 Å². The van der Waals surface area contributed by atoms with Crippen LogP contribution in [-0.2, 0) is 9.59 Å². The summed E-state index contributed by atoms with van der Waals surface area (Å²) in [6, 6.07) is 0. The molecule has 124 valence electrons. The fraction of sp³-hybridized carbons (Fsp3) is 0.857. The normalized spacial score (nSPS) is 23.9. The van der Waals surface area contributed by atoms with E-state index >= 15 is 0 Å². The largest absolute Gasteiger partial charge is 0.234 e. The van der Waals surface area contributed by atoms with Crippen molar-refractivity contribution in [1.82, 2.24) is 0 Å². The van der Waals surface area contributed by atoms with Crippen molar-refractivity contribution in [1.29, 1.82) is 0 Å². The molecule has 0 spiro atoms. The molecule has 0 aromatic heterocycles. The number of aliphatic imine (C=N–C) groups is 2. The van der Waals surface area contributed by atoms with E-state index in [1.807, 2.05) is 23.5 Å². The van der Waals surface area contributed by atoms with Crippen LogP contribution in [-0.4, -0.2) is 57.8 Å². The van der Waals surface area contributed by atoms with Gasteiger partial charge in [-0.25, -0.2) is 19.6 Å². The summed E-state index contributed by atoms with van der Waals surface area (Å²) in [7, 11) is 0. The lowest BCUT2D eigenvalue weighted by molar-refractivity contribution is 0.561. The highest BCUT2D eigenvalue weighted by Crippen LogP contribution is 2.36. The molecule has 0 N–H and O–H groups in total. The van der Waals surface area contributed by atoms with E-state index in [9.17, 15) is 9.59 Å². The molecule has 1 saturated heterocycles. The summed E-state index contributed by atoms with van der Waals surface area (Å²) in [6.45, 7) is 1.05. The zero-order valence-corrected chi connectivity index (χ0v) is 15.8. The van der Waals surface area contributed by atoms with Crippen molar-refractivity contribution in [3.63, 3.8) is 0 Å². The second-order valence-electron chi connectivity index (χ2n) is 5.21. The van der Waals surface area contributed by atoms with Crippen molar-refractivity contribution in [3.05, 3.63) is 0 Å². The molecule has 1 aliphatic rings. The fourth-order valence-electron chi connectivity index (χ4n) is 2.22. The molecule has 0 amide bonds. The molecule has 1 heterocycles. The van der Waals surface area contributed by atoms with Gasteiger partial charge in [0.2, 0.25) is 12.2 Å². The Balaban J connectivity index is 2.17. The van der Waals surface area contributed by atoms with Gasteiger partial charge >= 0.3 is 0 Å². The predicted molar refractivity (Wildman–Crippen MR) is 102 cm³/mol. The zero-order valence-electron chi connectivity index (χ0n) is 12.4. The summed E-state index contributed by atoms with van der Waals surface area (Å²) in [5.41, 5.74) is 0. The van der Waals surface area contributed by atoms with Gasteiger partial charge < -0.3 is 0 Å². The molecule has 4 nitrogen and oxygen atoms in total. The van der Waals surface area contributed by atoms with Gasteiger partial charge in [0.25, 0.3) is 0 Å². The Bertz CT molecular complexity index is 366. The minimum absolute atomic E-state index is 0.297. The van der Waals surface area contributed by atoms with Crippen molar-refractivity contribution in [2.45, 2.75) is 46.7 Å². The van der Waals surface area contributed by atoms with E-state index in [1.54, 1.807) is 12.2 Å². The molecule has 0 bridgehead atoms. The number of isocyanates is 2. The van der Waals surface area contributed by atoms with E-state index in [0.29, 0.717) is 34.1 Å². The van der Waals surface area contributed by atoms with Gasteiger partial charge in [0, 0.05) is 32.5 Å². The molecule has 1 rings (SSSR count). The van der Waals surface area contributed by atoms with Crippen LogP contribution >= 0.6 is 48.8 Å². The standard InChI is InChI=1S/C14H22N2O2S4/c17-9-15-3-1-11(19)5-13-7-22-14(8-21-13)6-12(20)2-4-16-10-18/h11-14,19-20H,1-8H2. The average molecular weight is 379 g/mol. The van der Waals surface area contributed by atoms with Crippen LogP contribution in [0.25, 0.3) is 0 Å². The minimum Gasteiger partial charge on any atom is -0.211 e. The number of rotatable bonds is 10.